The van der Waals surface area contributed by atoms with Gasteiger partial charge in [-0.1, -0.05) is 24.3 Å². The minimum atomic E-state index is -0.290. The molecule has 3 rings (SSSR count). The largest absolute Gasteiger partial charge is 0.298 e. The first-order valence-corrected chi connectivity index (χ1v) is 8.50. The Bertz CT molecular complexity index is 854. The zero-order valence-corrected chi connectivity index (χ0v) is 15.1. The van der Waals surface area contributed by atoms with Crippen LogP contribution in [0.5, 0.6) is 0 Å². The van der Waals surface area contributed by atoms with Gasteiger partial charge in [-0.05, 0) is 67.4 Å². The molecule has 0 N–H and O–H groups in total. The summed E-state index contributed by atoms with van der Waals surface area (Å²) in [6.45, 7) is 4.39. The van der Waals surface area contributed by atoms with E-state index in [1.54, 1.807) is 50.3 Å². The fourth-order valence-corrected chi connectivity index (χ4v) is 3.01. The summed E-state index contributed by atoms with van der Waals surface area (Å²) < 4.78 is 27.5. The van der Waals surface area contributed by atoms with Crippen LogP contribution in [-0.4, -0.2) is 30.8 Å². The average molecular weight is 353 g/mol. The monoisotopic (exact) mass is 353 g/mol. The molecule has 2 aromatic rings. The number of benzene rings is 2. The number of likely N-dealkylation sites (N-methyl/N-ethyl adjacent to an activating group) is 1. The van der Waals surface area contributed by atoms with E-state index < -0.39 is 0 Å². The quantitative estimate of drug-likeness (QED) is 0.738. The van der Waals surface area contributed by atoms with Crippen LogP contribution in [0.2, 0.25) is 0 Å². The highest BCUT2D eigenvalue weighted by Crippen LogP contribution is 2.22. The molecule has 0 radical (unpaired) electrons. The van der Waals surface area contributed by atoms with Crippen molar-refractivity contribution in [2.24, 2.45) is 0 Å². The van der Waals surface area contributed by atoms with E-state index in [4.69, 9.17) is 0 Å². The summed E-state index contributed by atoms with van der Waals surface area (Å²) in [4.78, 5) is 14.8. The van der Waals surface area contributed by atoms with Gasteiger partial charge in [-0.3, -0.25) is 9.69 Å². The SMILES string of the molecule is Cc1ccc(/C=C2\CN(C)C/C(=C\c3ccc(C)c(F)c3)C2=O)cc1F. The minimum Gasteiger partial charge on any atom is -0.298 e. The molecule has 1 fully saturated rings. The number of aryl methyl sites for hydroxylation is 2. The number of nitrogens with zero attached hydrogens (tertiary/aromatic N) is 1. The van der Waals surface area contributed by atoms with Gasteiger partial charge in [-0.25, -0.2) is 8.78 Å². The van der Waals surface area contributed by atoms with Crippen molar-refractivity contribution in [2.45, 2.75) is 13.8 Å². The molecule has 0 bridgehead atoms. The van der Waals surface area contributed by atoms with Gasteiger partial charge in [0.2, 0.25) is 0 Å². The standard InChI is InChI=1S/C22H21F2NO/c1-14-4-6-16(10-20(14)23)8-18-12-25(3)13-19(22(18)26)9-17-7-5-15(2)21(24)11-17/h4-11H,12-13H2,1-3H3/b18-8+,19-9+. The predicted molar refractivity (Wildman–Crippen MR) is 101 cm³/mol. The molecule has 0 aliphatic carbocycles. The Labute approximate surface area is 152 Å². The molecule has 1 aliphatic heterocycles. The fourth-order valence-electron chi connectivity index (χ4n) is 3.01. The number of piperidine rings is 1. The molecular formula is C22H21F2NO. The molecular weight excluding hydrogens is 332 g/mol. The van der Waals surface area contributed by atoms with Crippen LogP contribution in [0, 0.1) is 25.5 Å². The third-order valence-corrected chi connectivity index (χ3v) is 4.54. The number of hydrogen-bond donors (Lipinski definition) is 0. The van der Waals surface area contributed by atoms with Crippen molar-refractivity contribution >= 4 is 17.9 Å². The number of carbonyl (C=O) groups excluding carboxylic acids is 1. The van der Waals surface area contributed by atoms with Gasteiger partial charge in [0.05, 0.1) is 0 Å². The van der Waals surface area contributed by atoms with E-state index in [2.05, 4.69) is 0 Å². The molecule has 134 valence electrons. The zero-order valence-electron chi connectivity index (χ0n) is 15.1. The summed E-state index contributed by atoms with van der Waals surface area (Å²) in [5, 5.41) is 0. The number of rotatable bonds is 2. The second-order valence-corrected chi connectivity index (χ2v) is 6.86. The number of Topliss-reactive ketones (excluding diaryl/α,β-unsaturated/α-hetero) is 1. The second-order valence-electron chi connectivity index (χ2n) is 6.86. The van der Waals surface area contributed by atoms with Crippen molar-refractivity contribution in [3.63, 3.8) is 0 Å². The van der Waals surface area contributed by atoms with Crippen LogP contribution in [0.1, 0.15) is 22.3 Å². The van der Waals surface area contributed by atoms with E-state index in [0.717, 1.165) is 0 Å². The molecule has 0 atom stereocenters. The summed E-state index contributed by atoms with van der Waals surface area (Å²) in [6.07, 6.45) is 3.45. The highest BCUT2D eigenvalue weighted by molar-refractivity contribution is 6.14. The topological polar surface area (TPSA) is 20.3 Å². The lowest BCUT2D eigenvalue weighted by Crippen LogP contribution is -2.34. The van der Waals surface area contributed by atoms with E-state index in [0.29, 0.717) is 46.5 Å². The third-order valence-electron chi connectivity index (χ3n) is 4.54. The molecule has 2 aromatic carbocycles. The van der Waals surface area contributed by atoms with E-state index >= 15 is 0 Å². The number of hydrogen-bond acceptors (Lipinski definition) is 2. The smallest absolute Gasteiger partial charge is 0.187 e. The fraction of sp³-hybridized carbons (Fsp3) is 0.227. The van der Waals surface area contributed by atoms with Gasteiger partial charge in [0.1, 0.15) is 11.6 Å². The van der Waals surface area contributed by atoms with E-state index in [1.807, 2.05) is 11.9 Å². The first kappa shape index (κ1) is 18.2. The lowest BCUT2D eigenvalue weighted by Gasteiger charge is -2.26. The predicted octanol–water partition coefficient (Wildman–Crippen LogP) is 4.56. The van der Waals surface area contributed by atoms with Crippen LogP contribution < -0.4 is 0 Å². The van der Waals surface area contributed by atoms with Gasteiger partial charge in [0.15, 0.2) is 5.78 Å². The van der Waals surface area contributed by atoms with E-state index in [-0.39, 0.29) is 17.4 Å². The minimum absolute atomic E-state index is 0.0786. The Hall–Kier alpha value is -2.59. The molecule has 0 saturated carbocycles. The Morgan fingerprint density at radius 1 is 0.846 bits per heavy atom. The Morgan fingerprint density at radius 2 is 1.27 bits per heavy atom. The van der Waals surface area contributed by atoms with Crippen molar-refractivity contribution in [1.29, 1.82) is 0 Å². The van der Waals surface area contributed by atoms with Crippen molar-refractivity contribution in [3.8, 4) is 0 Å². The number of ketones is 1. The van der Waals surface area contributed by atoms with Crippen LogP contribution in [-0.2, 0) is 4.79 Å². The average Bonchev–Trinajstić information content (AvgIpc) is 2.58. The van der Waals surface area contributed by atoms with Gasteiger partial charge in [-0.2, -0.15) is 0 Å². The highest BCUT2D eigenvalue weighted by atomic mass is 19.1. The first-order valence-electron chi connectivity index (χ1n) is 8.50. The van der Waals surface area contributed by atoms with Crippen LogP contribution in [0.15, 0.2) is 47.5 Å². The van der Waals surface area contributed by atoms with Crippen molar-refractivity contribution in [3.05, 3.63) is 81.4 Å². The molecule has 1 aliphatic rings. The summed E-state index contributed by atoms with van der Waals surface area (Å²) in [5.74, 6) is -0.659. The van der Waals surface area contributed by atoms with Crippen molar-refractivity contribution in [1.82, 2.24) is 4.90 Å². The number of halogens is 2. The summed E-state index contributed by atoms with van der Waals surface area (Å²) in [6, 6.07) is 9.86. The molecule has 4 heteroatoms. The lowest BCUT2D eigenvalue weighted by atomic mass is 9.94. The normalized spacial score (nSPS) is 18.7. The zero-order chi connectivity index (χ0) is 18.8. The maximum atomic E-state index is 13.8. The maximum absolute atomic E-state index is 13.8. The molecule has 0 spiro atoms. The summed E-state index contributed by atoms with van der Waals surface area (Å²) >= 11 is 0. The first-order chi connectivity index (χ1) is 12.3. The van der Waals surface area contributed by atoms with Crippen molar-refractivity contribution in [2.75, 3.05) is 20.1 Å². The Kier molecular flexibility index (Phi) is 5.14. The van der Waals surface area contributed by atoms with Gasteiger partial charge in [-0.15, -0.1) is 0 Å². The molecule has 0 amide bonds. The molecule has 1 heterocycles. The van der Waals surface area contributed by atoms with Crippen molar-refractivity contribution < 1.29 is 13.6 Å². The third kappa shape index (κ3) is 3.97. The second kappa shape index (κ2) is 7.34. The maximum Gasteiger partial charge on any atom is 0.187 e. The van der Waals surface area contributed by atoms with E-state index in [9.17, 15) is 13.6 Å². The van der Waals surface area contributed by atoms with Gasteiger partial charge >= 0.3 is 0 Å². The lowest BCUT2D eigenvalue weighted by molar-refractivity contribution is -0.113. The van der Waals surface area contributed by atoms with Crippen LogP contribution in [0.25, 0.3) is 12.2 Å². The summed E-state index contributed by atoms with van der Waals surface area (Å²) in [5.41, 5.74) is 3.66. The molecule has 1 saturated heterocycles. The highest BCUT2D eigenvalue weighted by Gasteiger charge is 2.24. The molecule has 0 aromatic heterocycles. The van der Waals surface area contributed by atoms with E-state index in [1.165, 1.54) is 12.1 Å². The van der Waals surface area contributed by atoms with Gasteiger partial charge < -0.3 is 0 Å². The van der Waals surface area contributed by atoms with Gasteiger partial charge in [0.25, 0.3) is 0 Å². The van der Waals surface area contributed by atoms with Crippen LogP contribution in [0.3, 0.4) is 0 Å². The van der Waals surface area contributed by atoms with Crippen LogP contribution >= 0.6 is 0 Å². The van der Waals surface area contributed by atoms with Crippen LogP contribution in [0.4, 0.5) is 8.78 Å². The Balaban J connectivity index is 1.94. The molecule has 2 nitrogen and oxygen atoms in total. The Morgan fingerprint density at radius 3 is 1.65 bits per heavy atom. The molecule has 26 heavy (non-hydrogen) atoms. The number of likely N-dealkylation sites (tertiary alicyclic amines) is 1. The molecule has 0 unspecified atom stereocenters. The van der Waals surface area contributed by atoms with Gasteiger partial charge in [0, 0.05) is 24.2 Å². The summed E-state index contributed by atoms with van der Waals surface area (Å²) in [7, 11) is 1.92. The number of carbonyl (C=O) groups is 1.